The van der Waals surface area contributed by atoms with E-state index >= 15 is 0 Å². The third kappa shape index (κ3) is 4.55. The minimum absolute atomic E-state index is 0.0229. The number of hydrogen-bond donors (Lipinski definition) is 1. The Balaban J connectivity index is 0.00000127. The Bertz CT molecular complexity index is 648. The van der Waals surface area contributed by atoms with Crippen LogP contribution in [0.4, 0.5) is 8.78 Å². The maximum absolute atomic E-state index is 13.7. The van der Waals surface area contributed by atoms with Crippen molar-refractivity contribution < 1.29 is 13.6 Å². The average Bonchev–Trinajstić information content (AvgIpc) is 2.96. The van der Waals surface area contributed by atoms with Gasteiger partial charge in [-0.3, -0.25) is 9.48 Å². The van der Waals surface area contributed by atoms with E-state index in [1.54, 1.807) is 6.20 Å². The molecule has 0 radical (unpaired) electrons. The Hall–Kier alpha value is -2.37. The molecule has 1 N–H and O–H groups in total. The quantitative estimate of drug-likeness (QED) is 0.645. The van der Waals surface area contributed by atoms with Crippen molar-refractivity contribution in [2.75, 3.05) is 0 Å². The van der Waals surface area contributed by atoms with E-state index in [4.69, 9.17) is 5.41 Å². The first kappa shape index (κ1) is 18.7. The van der Waals surface area contributed by atoms with Gasteiger partial charge in [0, 0.05) is 23.7 Å². The van der Waals surface area contributed by atoms with Crippen LogP contribution in [-0.4, -0.2) is 22.3 Å². The van der Waals surface area contributed by atoms with E-state index in [2.05, 4.69) is 11.8 Å². The SMILES string of the molecule is C=N.CCCC(=O)c1nn(Cc2c(F)cccc2F)cc1CC. The molecule has 23 heavy (non-hydrogen) atoms. The Kier molecular flexibility index (Phi) is 7.25. The number of nitrogens with one attached hydrogen (secondary N) is 1. The number of carbonyl (C=O) groups is 1. The van der Waals surface area contributed by atoms with Crippen molar-refractivity contribution in [1.82, 2.24) is 9.78 Å². The minimum atomic E-state index is -0.606. The van der Waals surface area contributed by atoms with Crippen LogP contribution in [0.25, 0.3) is 0 Å². The van der Waals surface area contributed by atoms with Gasteiger partial charge in [-0.25, -0.2) is 8.78 Å². The highest BCUT2D eigenvalue weighted by Crippen LogP contribution is 2.16. The van der Waals surface area contributed by atoms with Gasteiger partial charge in [0.05, 0.1) is 6.54 Å². The zero-order valence-corrected chi connectivity index (χ0v) is 13.4. The third-order valence-corrected chi connectivity index (χ3v) is 3.34. The van der Waals surface area contributed by atoms with E-state index < -0.39 is 11.6 Å². The fourth-order valence-electron chi connectivity index (χ4n) is 2.23. The molecule has 4 nitrogen and oxygen atoms in total. The van der Waals surface area contributed by atoms with E-state index in [0.29, 0.717) is 18.5 Å². The number of halogens is 2. The van der Waals surface area contributed by atoms with Crippen molar-refractivity contribution in [2.45, 2.75) is 39.7 Å². The summed E-state index contributed by atoms with van der Waals surface area (Å²) >= 11 is 0. The fourth-order valence-corrected chi connectivity index (χ4v) is 2.23. The van der Waals surface area contributed by atoms with E-state index in [9.17, 15) is 13.6 Å². The van der Waals surface area contributed by atoms with E-state index in [1.807, 2.05) is 13.8 Å². The van der Waals surface area contributed by atoms with Crippen LogP contribution >= 0.6 is 0 Å². The van der Waals surface area contributed by atoms with Gasteiger partial charge in [0.15, 0.2) is 5.78 Å². The molecule has 0 saturated carbocycles. The maximum Gasteiger partial charge on any atom is 0.183 e. The predicted octanol–water partition coefficient (Wildman–Crippen LogP) is 4.02. The number of rotatable bonds is 6. The summed E-state index contributed by atoms with van der Waals surface area (Å²) in [7, 11) is 0. The topological polar surface area (TPSA) is 58.7 Å². The first-order valence-electron chi connectivity index (χ1n) is 7.44. The smallest absolute Gasteiger partial charge is 0.183 e. The molecule has 0 unspecified atom stereocenters. The van der Waals surface area contributed by atoms with Crippen LogP contribution in [0.15, 0.2) is 24.4 Å². The molecule has 6 heteroatoms. The van der Waals surface area contributed by atoms with Crippen molar-refractivity contribution in [3.63, 3.8) is 0 Å². The molecule has 124 valence electrons. The van der Waals surface area contributed by atoms with Crippen molar-refractivity contribution >= 4 is 12.5 Å². The fraction of sp³-hybridized carbons (Fsp3) is 0.353. The van der Waals surface area contributed by atoms with Crippen LogP contribution in [0, 0.1) is 17.0 Å². The van der Waals surface area contributed by atoms with Crippen LogP contribution in [0.3, 0.4) is 0 Å². The number of aromatic nitrogens is 2. The number of Topliss-reactive ketones (excluding diaryl/α,β-unsaturated/α-hetero) is 1. The summed E-state index contributed by atoms with van der Waals surface area (Å²) in [6, 6.07) is 3.75. The normalized spacial score (nSPS) is 10.1. The molecule has 0 aliphatic rings. The highest BCUT2D eigenvalue weighted by Gasteiger charge is 2.16. The molecular weight excluding hydrogens is 300 g/mol. The summed E-state index contributed by atoms with van der Waals surface area (Å²) in [4.78, 5) is 12.0. The predicted molar refractivity (Wildman–Crippen MR) is 86.1 cm³/mol. The summed E-state index contributed by atoms with van der Waals surface area (Å²) in [5, 5.41) is 9.71. The second-order valence-corrected chi connectivity index (χ2v) is 4.93. The van der Waals surface area contributed by atoms with Gasteiger partial charge < -0.3 is 5.41 Å². The van der Waals surface area contributed by atoms with E-state index in [0.717, 1.165) is 12.0 Å². The minimum Gasteiger partial charge on any atom is -0.317 e. The van der Waals surface area contributed by atoms with Crippen molar-refractivity contribution in [1.29, 1.82) is 5.41 Å². The van der Waals surface area contributed by atoms with Crippen LogP contribution in [0.5, 0.6) is 0 Å². The summed E-state index contributed by atoms with van der Waals surface area (Å²) in [5.41, 5.74) is 1.18. The number of carbonyl (C=O) groups excluding carboxylic acids is 1. The van der Waals surface area contributed by atoms with Gasteiger partial charge >= 0.3 is 0 Å². The molecule has 0 amide bonds. The largest absolute Gasteiger partial charge is 0.317 e. The van der Waals surface area contributed by atoms with E-state index in [-0.39, 0.29) is 17.9 Å². The van der Waals surface area contributed by atoms with Crippen LogP contribution in [-0.2, 0) is 13.0 Å². The lowest BCUT2D eigenvalue weighted by atomic mass is 10.1. The molecule has 1 aromatic carbocycles. The molecule has 2 rings (SSSR count). The molecule has 2 aromatic rings. The van der Waals surface area contributed by atoms with Gasteiger partial charge in [-0.1, -0.05) is 19.9 Å². The van der Waals surface area contributed by atoms with Gasteiger partial charge in [-0.2, -0.15) is 5.10 Å². The van der Waals surface area contributed by atoms with Crippen LogP contribution in [0.1, 0.15) is 48.3 Å². The van der Waals surface area contributed by atoms with Gasteiger partial charge in [-0.05, 0) is 31.7 Å². The van der Waals surface area contributed by atoms with Crippen LogP contribution in [0.2, 0.25) is 0 Å². The lowest BCUT2D eigenvalue weighted by Gasteiger charge is -2.04. The lowest BCUT2D eigenvalue weighted by molar-refractivity contribution is 0.0975. The molecule has 0 fully saturated rings. The molecule has 1 heterocycles. The summed E-state index contributed by atoms with van der Waals surface area (Å²) < 4.78 is 28.7. The third-order valence-electron chi connectivity index (χ3n) is 3.34. The number of aryl methyl sites for hydroxylation is 1. The summed E-state index contributed by atoms with van der Waals surface area (Å²) in [6.07, 6.45) is 3.52. The molecule has 0 bridgehead atoms. The molecule has 0 atom stereocenters. The van der Waals surface area contributed by atoms with Crippen molar-refractivity contribution in [3.05, 3.63) is 52.9 Å². The number of benzene rings is 1. The van der Waals surface area contributed by atoms with Gasteiger partial charge in [0.2, 0.25) is 0 Å². The highest BCUT2D eigenvalue weighted by atomic mass is 19.1. The number of nitrogens with zero attached hydrogens (tertiary/aromatic N) is 2. The second kappa shape index (κ2) is 8.92. The zero-order valence-electron chi connectivity index (χ0n) is 13.4. The Labute approximate surface area is 134 Å². The highest BCUT2D eigenvalue weighted by molar-refractivity contribution is 5.95. The zero-order chi connectivity index (χ0) is 17.4. The van der Waals surface area contributed by atoms with Gasteiger partial charge in [-0.15, -0.1) is 0 Å². The Morgan fingerprint density at radius 3 is 2.39 bits per heavy atom. The molecule has 0 aliphatic heterocycles. The van der Waals surface area contributed by atoms with Crippen LogP contribution < -0.4 is 0 Å². The molecule has 0 spiro atoms. The summed E-state index contributed by atoms with van der Waals surface area (Å²) in [5.74, 6) is -1.24. The Morgan fingerprint density at radius 2 is 1.87 bits per heavy atom. The van der Waals surface area contributed by atoms with Gasteiger partial charge in [0.1, 0.15) is 17.3 Å². The van der Waals surface area contributed by atoms with E-state index in [1.165, 1.54) is 22.9 Å². The van der Waals surface area contributed by atoms with Crippen molar-refractivity contribution in [3.8, 4) is 0 Å². The first-order valence-corrected chi connectivity index (χ1v) is 7.44. The summed E-state index contributed by atoms with van der Waals surface area (Å²) in [6.45, 7) is 6.33. The Morgan fingerprint density at radius 1 is 1.26 bits per heavy atom. The monoisotopic (exact) mass is 321 g/mol. The second-order valence-electron chi connectivity index (χ2n) is 4.93. The lowest BCUT2D eigenvalue weighted by Crippen LogP contribution is -2.07. The average molecular weight is 321 g/mol. The standard InChI is InChI=1S/C16H18F2N2O.CH3N/c1-3-6-15(21)16-11(4-2)9-20(19-16)10-12-13(17)7-5-8-14(12)18;1-2/h5,7-9H,3-4,6,10H2,1-2H3;2H,1H2. The molecule has 0 aliphatic carbocycles. The molecule has 0 saturated heterocycles. The first-order chi connectivity index (χ1) is 11.1. The van der Waals surface area contributed by atoms with Gasteiger partial charge in [0.25, 0.3) is 0 Å². The molecular formula is C17H21F2N3O. The number of ketones is 1. The van der Waals surface area contributed by atoms with Crippen molar-refractivity contribution in [2.24, 2.45) is 0 Å². The maximum atomic E-state index is 13.7. The number of hydrogen-bond acceptors (Lipinski definition) is 3. The molecule has 1 aromatic heterocycles.